The summed E-state index contributed by atoms with van der Waals surface area (Å²) in [7, 11) is 3.63. The molecule has 2 N–H and O–H groups in total. The molecule has 126 valence electrons. The number of nitrogens with zero attached hydrogens (tertiary/aromatic N) is 4. The van der Waals surface area contributed by atoms with Gasteiger partial charge in [0.2, 0.25) is 0 Å². The van der Waals surface area contributed by atoms with Gasteiger partial charge in [0.05, 0.1) is 12.6 Å². The number of guanidine groups is 1. The van der Waals surface area contributed by atoms with Crippen LogP contribution in [0.1, 0.15) is 29.5 Å². The van der Waals surface area contributed by atoms with Crippen LogP contribution in [-0.4, -0.2) is 41.0 Å². The summed E-state index contributed by atoms with van der Waals surface area (Å²) in [5, 5.41) is 17.0. The first-order valence-corrected chi connectivity index (χ1v) is 8.42. The van der Waals surface area contributed by atoms with E-state index in [1.165, 1.54) is 4.88 Å². The zero-order valence-corrected chi connectivity index (χ0v) is 14.9. The van der Waals surface area contributed by atoms with E-state index < -0.39 is 0 Å². The van der Waals surface area contributed by atoms with Crippen LogP contribution in [0, 0.1) is 6.92 Å². The number of hydrogen-bond acceptors (Lipinski definition) is 5. The number of aryl methyl sites for hydroxylation is 1. The van der Waals surface area contributed by atoms with E-state index in [0.29, 0.717) is 19.7 Å². The zero-order chi connectivity index (χ0) is 16.7. The molecule has 0 bridgehead atoms. The summed E-state index contributed by atoms with van der Waals surface area (Å²) in [6, 6.07) is 4.35. The molecule has 1 unspecified atom stereocenters. The first-order chi connectivity index (χ1) is 11.1. The largest absolute Gasteiger partial charge is 0.383 e. The van der Waals surface area contributed by atoms with Gasteiger partial charge in [-0.1, -0.05) is 6.07 Å². The molecule has 2 heterocycles. The Morgan fingerprint density at radius 1 is 1.48 bits per heavy atom. The van der Waals surface area contributed by atoms with E-state index in [-0.39, 0.29) is 6.04 Å². The maximum atomic E-state index is 5.09. The van der Waals surface area contributed by atoms with E-state index in [1.54, 1.807) is 18.4 Å². The van der Waals surface area contributed by atoms with E-state index in [9.17, 15) is 0 Å². The molecule has 7 nitrogen and oxygen atoms in total. The van der Waals surface area contributed by atoms with Crippen molar-refractivity contribution < 1.29 is 4.74 Å². The molecule has 1 atom stereocenters. The highest BCUT2D eigenvalue weighted by atomic mass is 32.1. The predicted octanol–water partition coefficient (Wildman–Crippen LogP) is 1.63. The van der Waals surface area contributed by atoms with Crippen molar-refractivity contribution >= 4 is 17.3 Å². The second-order valence-corrected chi connectivity index (χ2v) is 6.17. The van der Waals surface area contributed by atoms with Gasteiger partial charge in [0, 0.05) is 25.6 Å². The van der Waals surface area contributed by atoms with Crippen molar-refractivity contribution in [1.82, 2.24) is 25.4 Å². The Kier molecular flexibility index (Phi) is 6.54. The van der Waals surface area contributed by atoms with Gasteiger partial charge in [0.25, 0.3) is 0 Å². The highest BCUT2D eigenvalue weighted by molar-refractivity contribution is 7.10. The van der Waals surface area contributed by atoms with Crippen LogP contribution in [0.5, 0.6) is 0 Å². The summed E-state index contributed by atoms with van der Waals surface area (Å²) in [6.07, 6.45) is 0. The van der Waals surface area contributed by atoms with Crippen LogP contribution in [-0.2, 0) is 18.3 Å². The van der Waals surface area contributed by atoms with E-state index >= 15 is 0 Å². The quantitative estimate of drug-likeness (QED) is 0.456. The minimum Gasteiger partial charge on any atom is -0.383 e. The van der Waals surface area contributed by atoms with Gasteiger partial charge in [-0.25, -0.2) is 4.99 Å². The topological polar surface area (TPSA) is 76.4 Å². The molecule has 2 aromatic heterocycles. The summed E-state index contributed by atoms with van der Waals surface area (Å²) in [4.78, 5) is 5.87. The third-order valence-corrected chi connectivity index (χ3v) is 4.54. The first kappa shape index (κ1) is 17.4. The number of ether oxygens (including phenoxy) is 1. The SMILES string of the molecule is COCCNC(=NCc1nnc(C)n1C)NC(C)c1cccs1. The Labute approximate surface area is 140 Å². The lowest BCUT2D eigenvalue weighted by molar-refractivity contribution is 0.203. The van der Waals surface area contributed by atoms with Crippen molar-refractivity contribution in [3.63, 3.8) is 0 Å². The Balaban J connectivity index is 2.03. The third kappa shape index (κ3) is 5.04. The maximum absolute atomic E-state index is 5.09. The van der Waals surface area contributed by atoms with Gasteiger partial charge in [-0.2, -0.15) is 0 Å². The summed E-state index contributed by atoms with van der Waals surface area (Å²) in [6.45, 7) is 5.83. The van der Waals surface area contributed by atoms with Crippen LogP contribution in [0.3, 0.4) is 0 Å². The van der Waals surface area contributed by atoms with Crippen LogP contribution >= 0.6 is 11.3 Å². The lowest BCUT2D eigenvalue weighted by Gasteiger charge is -2.17. The summed E-state index contributed by atoms with van der Waals surface area (Å²) in [5.74, 6) is 2.45. The predicted molar refractivity (Wildman–Crippen MR) is 92.6 cm³/mol. The molecule has 0 spiro atoms. The minimum atomic E-state index is 0.185. The van der Waals surface area contributed by atoms with Gasteiger partial charge in [-0.05, 0) is 25.3 Å². The van der Waals surface area contributed by atoms with Gasteiger partial charge in [-0.3, -0.25) is 0 Å². The Morgan fingerprint density at radius 3 is 2.91 bits per heavy atom. The Morgan fingerprint density at radius 2 is 2.30 bits per heavy atom. The van der Waals surface area contributed by atoms with Crippen LogP contribution in [0.15, 0.2) is 22.5 Å². The second kappa shape index (κ2) is 8.64. The zero-order valence-electron chi connectivity index (χ0n) is 14.0. The number of methoxy groups -OCH3 is 1. The van der Waals surface area contributed by atoms with Gasteiger partial charge in [-0.15, -0.1) is 21.5 Å². The Bertz CT molecular complexity index is 622. The summed E-state index contributed by atoms with van der Waals surface area (Å²) in [5.41, 5.74) is 0. The number of hydrogen-bond donors (Lipinski definition) is 2. The van der Waals surface area contributed by atoms with Crippen LogP contribution in [0.2, 0.25) is 0 Å². The van der Waals surface area contributed by atoms with Crippen molar-refractivity contribution in [2.24, 2.45) is 12.0 Å². The molecule has 0 aliphatic heterocycles. The number of rotatable bonds is 7. The molecule has 0 saturated heterocycles. The fourth-order valence-corrected chi connectivity index (χ4v) is 2.71. The van der Waals surface area contributed by atoms with Gasteiger partial charge in [0.15, 0.2) is 11.8 Å². The minimum absolute atomic E-state index is 0.185. The molecular formula is C15H24N6OS. The molecule has 0 fully saturated rings. The molecule has 0 saturated carbocycles. The van der Waals surface area contributed by atoms with E-state index in [0.717, 1.165) is 17.6 Å². The normalized spacial score (nSPS) is 13.1. The number of thiophene rings is 1. The van der Waals surface area contributed by atoms with Crippen molar-refractivity contribution in [3.05, 3.63) is 34.0 Å². The molecule has 0 aliphatic carbocycles. The second-order valence-electron chi connectivity index (χ2n) is 5.19. The van der Waals surface area contributed by atoms with Crippen molar-refractivity contribution in [2.45, 2.75) is 26.4 Å². The molecule has 2 aromatic rings. The van der Waals surface area contributed by atoms with E-state index in [4.69, 9.17) is 4.74 Å². The smallest absolute Gasteiger partial charge is 0.192 e. The standard InChI is InChI=1S/C15H24N6OS/c1-11(13-6-5-9-23-13)18-15(16-7-8-22-4)17-10-14-20-19-12(2)21(14)3/h5-6,9,11H,7-8,10H2,1-4H3,(H2,16,17,18). The molecule has 0 aliphatic rings. The molecule has 0 aromatic carbocycles. The fraction of sp³-hybridized carbons (Fsp3) is 0.533. The average Bonchev–Trinajstić information content (AvgIpc) is 3.17. The highest BCUT2D eigenvalue weighted by Crippen LogP contribution is 2.17. The number of aromatic nitrogens is 3. The van der Waals surface area contributed by atoms with Gasteiger partial charge < -0.3 is 19.9 Å². The van der Waals surface area contributed by atoms with Gasteiger partial charge in [0.1, 0.15) is 12.4 Å². The number of aliphatic imine (C=N–C) groups is 1. The lowest BCUT2D eigenvalue weighted by Crippen LogP contribution is -2.40. The van der Waals surface area contributed by atoms with E-state index in [1.807, 2.05) is 18.5 Å². The summed E-state index contributed by atoms with van der Waals surface area (Å²) < 4.78 is 7.03. The molecular weight excluding hydrogens is 312 g/mol. The van der Waals surface area contributed by atoms with Crippen molar-refractivity contribution in [3.8, 4) is 0 Å². The maximum Gasteiger partial charge on any atom is 0.192 e. The van der Waals surface area contributed by atoms with Gasteiger partial charge >= 0.3 is 0 Å². The van der Waals surface area contributed by atoms with E-state index in [2.05, 4.69) is 50.3 Å². The van der Waals surface area contributed by atoms with Crippen molar-refractivity contribution in [2.75, 3.05) is 20.3 Å². The number of nitrogens with one attached hydrogen (secondary N) is 2. The summed E-state index contributed by atoms with van der Waals surface area (Å²) >= 11 is 1.73. The molecule has 23 heavy (non-hydrogen) atoms. The lowest BCUT2D eigenvalue weighted by atomic mass is 10.3. The van der Waals surface area contributed by atoms with Crippen molar-refractivity contribution in [1.29, 1.82) is 0 Å². The van der Waals surface area contributed by atoms with Crippen LogP contribution < -0.4 is 10.6 Å². The molecule has 0 amide bonds. The average molecular weight is 336 g/mol. The Hall–Kier alpha value is -1.93. The fourth-order valence-electron chi connectivity index (χ4n) is 1.98. The first-order valence-electron chi connectivity index (χ1n) is 7.54. The van der Waals surface area contributed by atoms with Crippen LogP contribution in [0.4, 0.5) is 0 Å². The van der Waals surface area contributed by atoms with Crippen LogP contribution in [0.25, 0.3) is 0 Å². The molecule has 8 heteroatoms. The third-order valence-electron chi connectivity index (χ3n) is 3.48. The monoisotopic (exact) mass is 336 g/mol. The highest BCUT2D eigenvalue weighted by Gasteiger charge is 2.10. The molecule has 0 radical (unpaired) electrons. The molecule has 2 rings (SSSR count).